The Kier molecular flexibility index (Phi) is 4.89. The molecule has 1 heterocycles. The molecule has 0 aliphatic heterocycles. The van der Waals surface area contributed by atoms with E-state index in [0.717, 1.165) is 5.56 Å². The second-order valence-corrected chi connectivity index (χ2v) is 6.74. The largest absolute Gasteiger partial charge is 0.334 e. The molecule has 5 heteroatoms. The van der Waals surface area contributed by atoms with Crippen LogP contribution in [0, 0.1) is 0 Å². The molecular formula is C21H23N3O2. The lowest BCUT2D eigenvalue weighted by atomic mass is 10.1. The smallest absolute Gasteiger partial charge is 0.275 e. The average Bonchev–Trinajstić information content (AvgIpc) is 2.67. The summed E-state index contributed by atoms with van der Waals surface area (Å²) in [5.74, 6) is -0.202. The summed E-state index contributed by atoms with van der Waals surface area (Å²) in [7, 11) is 1.77. The van der Waals surface area contributed by atoms with E-state index in [4.69, 9.17) is 0 Å². The highest BCUT2D eigenvalue weighted by atomic mass is 16.2. The van der Waals surface area contributed by atoms with E-state index in [1.165, 1.54) is 4.68 Å². The topological polar surface area (TPSA) is 55.2 Å². The third-order valence-electron chi connectivity index (χ3n) is 4.70. The van der Waals surface area contributed by atoms with E-state index in [1.54, 1.807) is 30.1 Å². The van der Waals surface area contributed by atoms with Gasteiger partial charge in [0.15, 0.2) is 5.69 Å². The van der Waals surface area contributed by atoms with Crippen LogP contribution in [0.2, 0.25) is 0 Å². The molecule has 0 spiro atoms. The molecule has 0 fully saturated rings. The molecule has 1 amide bonds. The minimum atomic E-state index is -0.202. The number of hydrogen-bond donors (Lipinski definition) is 0. The van der Waals surface area contributed by atoms with Crippen molar-refractivity contribution in [2.24, 2.45) is 0 Å². The summed E-state index contributed by atoms with van der Waals surface area (Å²) in [6.07, 6.45) is 0. The van der Waals surface area contributed by atoms with Crippen molar-refractivity contribution in [3.8, 4) is 0 Å². The molecule has 1 aromatic heterocycles. The number of nitrogens with zero attached hydrogens (tertiary/aromatic N) is 3. The van der Waals surface area contributed by atoms with Gasteiger partial charge < -0.3 is 4.90 Å². The monoisotopic (exact) mass is 349 g/mol. The van der Waals surface area contributed by atoms with Crippen molar-refractivity contribution in [3.05, 3.63) is 76.2 Å². The van der Waals surface area contributed by atoms with Gasteiger partial charge in [-0.3, -0.25) is 9.59 Å². The summed E-state index contributed by atoms with van der Waals surface area (Å²) in [6.45, 7) is 5.75. The number of carbonyl (C=O) groups is 1. The van der Waals surface area contributed by atoms with Gasteiger partial charge in [0.25, 0.3) is 11.5 Å². The van der Waals surface area contributed by atoms with Gasteiger partial charge in [-0.2, -0.15) is 5.10 Å². The number of amides is 1. The van der Waals surface area contributed by atoms with Gasteiger partial charge in [-0.15, -0.1) is 0 Å². The number of carbonyl (C=O) groups excluding carboxylic acids is 1. The number of benzene rings is 2. The van der Waals surface area contributed by atoms with Crippen LogP contribution in [0.1, 0.15) is 48.9 Å². The third-order valence-corrected chi connectivity index (χ3v) is 4.70. The zero-order chi connectivity index (χ0) is 18.8. The first-order chi connectivity index (χ1) is 12.4. The lowest BCUT2D eigenvalue weighted by Gasteiger charge is -2.26. The van der Waals surface area contributed by atoms with Crippen LogP contribution in [-0.4, -0.2) is 27.6 Å². The van der Waals surface area contributed by atoms with Gasteiger partial charge in [0.2, 0.25) is 0 Å². The summed E-state index contributed by atoms with van der Waals surface area (Å²) in [5.41, 5.74) is 1.18. The predicted octanol–water partition coefficient (Wildman–Crippen LogP) is 3.81. The van der Waals surface area contributed by atoms with Crippen molar-refractivity contribution < 1.29 is 4.79 Å². The molecule has 0 unspecified atom stereocenters. The van der Waals surface area contributed by atoms with Gasteiger partial charge in [0.1, 0.15) is 0 Å². The maximum atomic E-state index is 13.2. The highest BCUT2D eigenvalue weighted by Gasteiger charge is 2.24. The third kappa shape index (κ3) is 3.12. The van der Waals surface area contributed by atoms with Gasteiger partial charge in [-0.05, 0) is 32.4 Å². The summed E-state index contributed by atoms with van der Waals surface area (Å²) in [6, 6.07) is 16.8. The molecule has 1 atom stereocenters. The summed E-state index contributed by atoms with van der Waals surface area (Å²) >= 11 is 0. The van der Waals surface area contributed by atoms with Crippen molar-refractivity contribution >= 4 is 16.7 Å². The maximum absolute atomic E-state index is 13.2. The average molecular weight is 349 g/mol. The Morgan fingerprint density at radius 2 is 1.54 bits per heavy atom. The minimum Gasteiger partial charge on any atom is -0.334 e. The van der Waals surface area contributed by atoms with Gasteiger partial charge in [-0.25, -0.2) is 4.68 Å². The zero-order valence-corrected chi connectivity index (χ0v) is 15.5. The number of rotatable bonds is 4. The van der Waals surface area contributed by atoms with Crippen LogP contribution in [0.5, 0.6) is 0 Å². The van der Waals surface area contributed by atoms with E-state index in [0.29, 0.717) is 16.5 Å². The number of fused-ring (bicyclic) bond motifs is 1. The van der Waals surface area contributed by atoms with Crippen LogP contribution < -0.4 is 5.56 Å². The van der Waals surface area contributed by atoms with E-state index < -0.39 is 0 Å². The lowest BCUT2D eigenvalue weighted by molar-refractivity contribution is 0.0736. The standard InChI is InChI=1S/C21H23N3O2/c1-14(2)24-20(25)18-13-9-8-12-17(18)19(22-24)21(26)23(4)15(3)16-10-6-5-7-11-16/h5-15H,1-4H3/t15-/m1/s1. The molecule has 0 N–H and O–H groups in total. The van der Waals surface area contributed by atoms with Crippen molar-refractivity contribution in [2.45, 2.75) is 32.9 Å². The normalized spacial score (nSPS) is 12.3. The van der Waals surface area contributed by atoms with Crippen molar-refractivity contribution in [2.75, 3.05) is 7.05 Å². The second kappa shape index (κ2) is 7.12. The molecule has 134 valence electrons. The van der Waals surface area contributed by atoms with Gasteiger partial charge in [0.05, 0.1) is 17.5 Å². The van der Waals surface area contributed by atoms with Crippen LogP contribution >= 0.6 is 0 Å². The summed E-state index contributed by atoms with van der Waals surface area (Å²) in [5, 5.41) is 5.51. The van der Waals surface area contributed by atoms with Crippen molar-refractivity contribution in [1.29, 1.82) is 0 Å². The molecule has 0 aliphatic carbocycles. The minimum absolute atomic E-state index is 0.108. The predicted molar refractivity (Wildman–Crippen MR) is 103 cm³/mol. The fourth-order valence-corrected chi connectivity index (χ4v) is 3.01. The Hall–Kier alpha value is -2.95. The Labute approximate surface area is 152 Å². The van der Waals surface area contributed by atoms with Crippen molar-refractivity contribution in [3.63, 3.8) is 0 Å². The number of aromatic nitrogens is 2. The van der Waals surface area contributed by atoms with E-state index >= 15 is 0 Å². The van der Waals surface area contributed by atoms with Gasteiger partial charge >= 0.3 is 0 Å². The van der Waals surface area contributed by atoms with Crippen LogP contribution in [0.25, 0.3) is 10.8 Å². The molecule has 3 rings (SSSR count). The van der Waals surface area contributed by atoms with E-state index in [9.17, 15) is 9.59 Å². The molecule has 3 aromatic rings. The number of hydrogen-bond acceptors (Lipinski definition) is 3. The van der Waals surface area contributed by atoms with Gasteiger partial charge in [-0.1, -0.05) is 48.5 Å². The molecule has 0 aliphatic rings. The highest BCUT2D eigenvalue weighted by Crippen LogP contribution is 2.22. The molecule has 0 saturated carbocycles. The summed E-state index contributed by atoms with van der Waals surface area (Å²) < 4.78 is 1.39. The van der Waals surface area contributed by atoms with Crippen LogP contribution in [-0.2, 0) is 0 Å². The first-order valence-corrected chi connectivity index (χ1v) is 8.75. The quantitative estimate of drug-likeness (QED) is 0.720. The van der Waals surface area contributed by atoms with Crippen LogP contribution in [0.3, 0.4) is 0 Å². The first-order valence-electron chi connectivity index (χ1n) is 8.75. The molecule has 26 heavy (non-hydrogen) atoms. The molecule has 2 aromatic carbocycles. The van der Waals surface area contributed by atoms with Gasteiger partial charge in [0, 0.05) is 12.4 Å². The van der Waals surface area contributed by atoms with Crippen LogP contribution in [0.15, 0.2) is 59.4 Å². The Bertz CT molecular complexity index is 993. The van der Waals surface area contributed by atoms with Crippen molar-refractivity contribution in [1.82, 2.24) is 14.7 Å². The Balaban J connectivity index is 2.11. The van der Waals surface area contributed by atoms with E-state index in [1.807, 2.05) is 57.2 Å². The van der Waals surface area contributed by atoms with Crippen LogP contribution in [0.4, 0.5) is 0 Å². The lowest BCUT2D eigenvalue weighted by Crippen LogP contribution is -2.34. The molecule has 0 bridgehead atoms. The molecule has 0 radical (unpaired) electrons. The zero-order valence-electron chi connectivity index (χ0n) is 15.5. The first kappa shape index (κ1) is 17.9. The Morgan fingerprint density at radius 3 is 2.15 bits per heavy atom. The fraction of sp³-hybridized carbons (Fsp3) is 0.286. The molecule has 5 nitrogen and oxygen atoms in total. The van der Waals surface area contributed by atoms with E-state index in [2.05, 4.69) is 5.10 Å². The maximum Gasteiger partial charge on any atom is 0.275 e. The Morgan fingerprint density at radius 1 is 0.962 bits per heavy atom. The SMILES string of the molecule is CC(C)n1nc(C(=O)N(C)[C@H](C)c2ccccc2)c2ccccc2c1=O. The fourth-order valence-electron chi connectivity index (χ4n) is 3.01. The molecular weight excluding hydrogens is 326 g/mol. The second-order valence-electron chi connectivity index (χ2n) is 6.74. The molecule has 0 saturated heterocycles. The van der Waals surface area contributed by atoms with E-state index in [-0.39, 0.29) is 23.6 Å². The summed E-state index contributed by atoms with van der Waals surface area (Å²) in [4.78, 5) is 27.5. The highest BCUT2D eigenvalue weighted by molar-refractivity contribution is 6.04.